The van der Waals surface area contributed by atoms with Gasteiger partial charge in [-0.15, -0.1) is 0 Å². The third-order valence-corrected chi connectivity index (χ3v) is 2.89. The number of nitrogens with one attached hydrogen (secondary N) is 1. The molecule has 5 heteroatoms. The largest absolute Gasteiger partial charge is 0.480 e. The maximum Gasteiger partial charge on any atom is 0.325 e. The number of aliphatic carboxylic acids is 1. The molecule has 0 bridgehead atoms. The first-order valence-electron chi connectivity index (χ1n) is 5.44. The Morgan fingerprint density at radius 2 is 2.31 bits per heavy atom. The summed E-state index contributed by atoms with van der Waals surface area (Å²) in [6, 6.07) is -0.510. The van der Waals surface area contributed by atoms with Crippen molar-refractivity contribution in [1.82, 2.24) is 15.1 Å². The molecule has 2 unspecified atom stereocenters. The lowest BCUT2D eigenvalue weighted by molar-refractivity contribution is -0.139. The third-order valence-electron chi connectivity index (χ3n) is 2.89. The average Bonchev–Trinajstić information content (AvgIpc) is 2.56. The summed E-state index contributed by atoms with van der Waals surface area (Å²) in [4.78, 5) is 11.2. The molecule has 1 rings (SSSR count). The van der Waals surface area contributed by atoms with Gasteiger partial charge >= 0.3 is 5.97 Å². The van der Waals surface area contributed by atoms with E-state index < -0.39 is 12.0 Å². The molecule has 0 aliphatic heterocycles. The van der Waals surface area contributed by atoms with Crippen molar-refractivity contribution in [2.75, 3.05) is 0 Å². The van der Waals surface area contributed by atoms with Crippen molar-refractivity contribution < 1.29 is 9.90 Å². The van der Waals surface area contributed by atoms with Crippen LogP contribution in [0.2, 0.25) is 0 Å². The van der Waals surface area contributed by atoms with E-state index in [1.54, 1.807) is 17.9 Å². The summed E-state index contributed by atoms with van der Waals surface area (Å²) >= 11 is 0. The zero-order valence-electron chi connectivity index (χ0n) is 10.2. The third kappa shape index (κ3) is 2.61. The minimum Gasteiger partial charge on any atom is -0.480 e. The van der Waals surface area contributed by atoms with Gasteiger partial charge in [0.2, 0.25) is 0 Å². The molecule has 2 atom stereocenters. The number of nitrogens with zero attached hydrogens (tertiary/aromatic N) is 2. The Balaban J connectivity index is 2.94. The summed E-state index contributed by atoms with van der Waals surface area (Å²) in [5.74, 6) is -0.864. The van der Waals surface area contributed by atoms with Crippen LogP contribution in [0.1, 0.15) is 37.6 Å². The first-order valence-corrected chi connectivity index (χ1v) is 5.44. The van der Waals surface area contributed by atoms with Gasteiger partial charge in [0.25, 0.3) is 0 Å². The molecule has 0 aliphatic carbocycles. The second kappa shape index (κ2) is 5.12. The molecule has 0 aromatic carbocycles. The summed E-state index contributed by atoms with van der Waals surface area (Å²) in [6.45, 7) is 5.87. The number of aryl methyl sites for hydroxylation is 1. The molecule has 1 aromatic heterocycles. The van der Waals surface area contributed by atoms with E-state index in [2.05, 4.69) is 10.4 Å². The Hall–Kier alpha value is -1.36. The number of carboxylic acid groups (broad SMARTS) is 1. The zero-order valence-corrected chi connectivity index (χ0v) is 10.2. The lowest BCUT2D eigenvalue weighted by Gasteiger charge is -2.18. The van der Waals surface area contributed by atoms with Crippen molar-refractivity contribution in [2.24, 2.45) is 7.05 Å². The fourth-order valence-corrected chi connectivity index (χ4v) is 1.50. The van der Waals surface area contributed by atoms with Crippen LogP contribution in [0, 0.1) is 6.92 Å². The smallest absolute Gasteiger partial charge is 0.325 e. The molecule has 0 amide bonds. The van der Waals surface area contributed by atoms with Gasteiger partial charge in [-0.3, -0.25) is 14.8 Å². The van der Waals surface area contributed by atoms with E-state index in [0.29, 0.717) is 0 Å². The molecule has 0 fully saturated rings. The Morgan fingerprint density at radius 1 is 1.69 bits per heavy atom. The number of aromatic nitrogens is 2. The first kappa shape index (κ1) is 12.7. The maximum absolute atomic E-state index is 11.2. The molecular formula is C11H19N3O2. The van der Waals surface area contributed by atoms with E-state index >= 15 is 0 Å². The predicted octanol–water partition coefficient (Wildman–Crippen LogP) is 1.24. The molecule has 0 aliphatic rings. The summed E-state index contributed by atoms with van der Waals surface area (Å²) in [6.07, 6.45) is 2.51. The van der Waals surface area contributed by atoms with Crippen LogP contribution in [0.25, 0.3) is 0 Å². The highest BCUT2D eigenvalue weighted by Gasteiger charge is 2.24. The molecule has 0 saturated heterocycles. The quantitative estimate of drug-likeness (QED) is 0.791. The summed E-state index contributed by atoms with van der Waals surface area (Å²) < 4.78 is 1.68. The van der Waals surface area contributed by atoms with Crippen molar-refractivity contribution >= 4 is 5.97 Å². The van der Waals surface area contributed by atoms with Crippen LogP contribution >= 0.6 is 0 Å². The number of rotatable bonds is 5. The molecule has 0 saturated carbocycles. The molecule has 16 heavy (non-hydrogen) atoms. The number of carboxylic acids is 1. The fourth-order valence-electron chi connectivity index (χ4n) is 1.50. The summed E-state index contributed by atoms with van der Waals surface area (Å²) in [5.41, 5.74) is 1.61. The van der Waals surface area contributed by atoms with Crippen LogP contribution in [0.15, 0.2) is 6.20 Å². The second-order valence-electron chi connectivity index (χ2n) is 4.06. The molecule has 5 nitrogen and oxygen atoms in total. The van der Waals surface area contributed by atoms with E-state index in [4.69, 9.17) is 0 Å². The van der Waals surface area contributed by atoms with Crippen LogP contribution in [-0.4, -0.2) is 26.9 Å². The minimum absolute atomic E-state index is 0.167. The van der Waals surface area contributed by atoms with Gasteiger partial charge in [-0.1, -0.05) is 6.92 Å². The highest BCUT2D eigenvalue weighted by atomic mass is 16.4. The molecule has 2 N–H and O–H groups in total. The highest BCUT2D eigenvalue weighted by molar-refractivity contribution is 5.75. The Morgan fingerprint density at radius 3 is 2.69 bits per heavy atom. The summed E-state index contributed by atoms with van der Waals surface area (Å²) in [7, 11) is 1.81. The highest BCUT2D eigenvalue weighted by Crippen LogP contribution is 2.18. The van der Waals surface area contributed by atoms with Crippen molar-refractivity contribution in [2.45, 2.75) is 39.3 Å². The van der Waals surface area contributed by atoms with Gasteiger partial charge in [-0.2, -0.15) is 5.10 Å². The van der Waals surface area contributed by atoms with Gasteiger partial charge in [-0.25, -0.2) is 0 Å². The van der Waals surface area contributed by atoms with Crippen LogP contribution < -0.4 is 5.32 Å². The Kier molecular flexibility index (Phi) is 4.06. The predicted molar refractivity (Wildman–Crippen MR) is 61.2 cm³/mol. The second-order valence-corrected chi connectivity index (χ2v) is 4.06. The van der Waals surface area contributed by atoms with Crippen molar-refractivity contribution in [3.05, 3.63) is 17.5 Å². The van der Waals surface area contributed by atoms with Gasteiger partial charge in [0.05, 0.1) is 6.20 Å². The molecule has 90 valence electrons. The first-order chi connectivity index (χ1) is 7.47. The Labute approximate surface area is 95.5 Å². The molecule has 0 radical (unpaired) electrons. The van der Waals surface area contributed by atoms with E-state index in [0.717, 1.165) is 17.7 Å². The number of hydrogen-bond acceptors (Lipinski definition) is 3. The van der Waals surface area contributed by atoms with Crippen LogP contribution in [0.5, 0.6) is 0 Å². The van der Waals surface area contributed by atoms with Gasteiger partial charge in [-0.05, 0) is 20.3 Å². The molecular weight excluding hydrogens is 206 g/mol. The summed E-state index contributed by atoms with van der Waals surface area (Å²) in [5, 5.41) is 16.4. The zero-order chi connectivity index (χ0) is 12.3. The van der Waals surface area contributed by atoms with Gasteiger partial charge in [0.15, 0.2) is 0 Å². The monoisotopic (exact) mass is 225 g/mol. The molecule has 0 spiro atoms. The van der Waals surface area contributed by atoms with Crippen LogP contribution in [0.4, 0.5) is 0 Å². The van der Waals surface area contributed by atoms with E-state index in [-0.39, 0.29) is 6.04 Å². The van der Waals surface area contributed by atoms with Gasteiger partial charge in [0.1, 0.15) is 6.04 Å². The van der Waals surface area contributed by atoms with Crippen molar-refractivity contribution in [3.8, 4) is 0 Å². The maximum atomic E-state index is 11.2. The molecule has 1 heterocycles. The minimum atomic E-state index is -0.864. The van der Waals surface area contributed by atoms with E-state index in [1.807, 2.05) is 20.8 Å². The average molecular weight is 225 g/mol. The van der Waals surface area contributed by atoms with Gasteiger partial charge in [0, 0.05) is 24.3 Å². The topological polar surface area (TPSA) is 67.2 Å². The normalized spacial score (nSPS) is 14.8. The lowest BCUT2D eigenvalue weighted by Crippen LogP contribution is -2.35. The number of carbonyl (C=O) groups is 1. The number of hydrogen-bond donors (Lipinski definition) is 2. The van der Waals surface area contributed by atoms with Crippen molar-refractivity contribution in [3.63, 3.8) is 0 Å². The lowest BCUT2D eigenvalue weighted by atomic mass is 10.1. The van der Waals surface area contributed by atoms with Crippen LogP contribution in [0.3, 0.4) is 0 Å². The molecule has 1 aromatic rings. The van der Waals surface area contributed by atoms with E-state index in [1.165, 1.54) is 0 Å². The standard InChI is InChI=1S/C11H19N3O2/c1-5-7(2)13-10(11(15)16)9-6-12-14(4)8(9)3/h6-7,10,13H,5H2,1-4H3,(H,15,16). The van der Waals surface area contributed by atoms with Crippen molar-refractivity contribution in [1.29, 1.82) is 0 Å². The van der Waals surface area contributed by atoms with E-state index in [9.17, 15) is 9.90 Å². The Bertz CT molecular complexity index is 373. The van der Waals surface area contributed by atoms with Gasteiger partial charge < -0.3 is 5.11 Å². The van der Waals surface area contributed by atoms with Crippen LogP contribution in [-0.2, 0) is 11.8 Å². The SMILES string of the molecule is CCC(C)NC(C(=O)O)c1cnn(C)c1C. The fraction of sp³-hybridized carbons (Fsp3) is 0.636.